The molecule has 0 aromatic carbocycles. The molecule has 100 valence electrons. The van der Waals surface area contributed by atoms with Crippen LogP contribution >= 0.6 is 0 Å². The lowest BCUT2D eigenvalue weighted by Crippen LogP contribution is -2.00. The van der Waals surface area contributed by atoms with E-state index in [9.17, 15) is 18.4 Å². The monoisotopic (exact) mass is 274 g/mol. The predicted molar refractivity (Wildman–Crippen MR) is 66.2 cm³/mol. The summed E-state index contributed by atoms with van der Waals surface area (Å²) >= 11 is 0. The maximum absolute atomic E-state index is 12.6. The minimum atomic E-state index is -0.695. The highest BCUT2D eigenvalue weighted by atomic mass is 19.1. The fourth-order valence-corrected chi connectivity index (χ4v) is 1.39. The van der Waals surface area contributed by atoms with E-state index in [4.69, 9.17) is 0 Å². The molecule has 0 aliphatic heterocycles. The van der Waals surface area contributed by atoms with Crippen LogP contribution in [0.2, 0.25) is 0 Å². The normalized spacial score (nSPS) is 10.7. The van der Waals surface area contributed by atoms with Gasteiger partial charge in [-0.15, -0.1) is 0 Å². The molecule has 0 saturated carbocycles. The molecule has 2 aromatic rings. The first-order valence-corrected chi connectivity index (χ1v) is 5.56. The van der Waals surface area contributed by atoms with Crippen LogP contribution < -0.4 is 0 Å². The number of carbonyl (C=O) groups excluding carboxylic acids is 2. The molecule has 6 heteroatoms. The zero-order valence-corrected chi connectivity index (χ0v) is 10.1. The third-order valence-electron chi connectivity index (χ3n) is 2.41. The molecule has 0 radical (unpaired) electrons. The summed E-state index contributed by atoms with van der Waals surface area (Å²) in [6.45, 7) is 0. The minimum Gasteiger partial charge on any atom is -0.289 e. The number of allylic oxidation sites excluding steroid dienone is 2. The van der Waals surface area contributed by atoms with Crippen LogP contribution in [0.1, 0.15) is 20.7 Å². The van der Waals surface area contributed by atoms with E-state index in [-0.39, 0.29) is 11.1 Å². The van der Waals surface area contributed by atoms with Crippen molar-refractivity contribution in [2.45, 2.75) is 0 Å². The number of rotatable bonds is 4. The Bertz CT molecular complexity index is 605. The summed E-state index contributed by atoms with van der Waals surface area (Å²) in [4.78, 5) is 30.0. The van der Waals surface area contributed by atoms with E-state index in [1.807, 2.05) is 0 Å². The molecule has 0 atom stereocenters. The maximum Gasteiger partial charge on any atom is 0.212 e. The first kappa shape index (κ1) is 13.7. The summed E-state index contributed by atoms with van der Waals surface area (Å²) in [5.74, 6) is -2.36. The van der Waals surface area contributed by atoms with Crippen molar-refractivity contribution >= 4 is 11.6 Å². The van der Waals surface area contributed by atoms with E-state index in [0.29, 0.717) is 0 Å². The molecular weight excluding hydrogens is 266 g/mol. The average molecular weight is 274 g/mol. The highest BCUT2D eigenvalue weighted by Crippen LogP contribution is 2.04. The summed E-state index contributed by atoms with van der Waals surface area (Å²) in [5, 5.41) is 0. The second-order valence-electron chi connectivity index (χ2n) is 3.80. The van der Waals surface area contributed by atoms with Crippen LogP contribution in [0.3, 0.4) is 0 Å². The van der Waals surface area contributed by atoms with Crippen molar-refractivity contribution in [2.24, 2.45) is 0 Å². The third kappa shape index (κ3) is 3.38. The molecule has 4 nitrogen and oxygen atoms in total. The van der Waals surface area contributed by atoms with Gasteiger partial charge in [0.15, 0.2) is 11.6 Å². The van der Waals surface area contributed by atoms with Crippen LogP contribution in [0, 0.1) is 11.9 Å². The second kappa shape index (κ2) is 5.92. The van der Waals surface area contributed by atoms with E-state index >= 15 is 0 Å². The molecule has 20 heavy (non-hydrogen) atoms. The van der Waals surface area contributed by atoms with Crippen LogP contribution in [0.5, 0.6) is 0 Å². The molecule has 0 aliphatic rings. The van der Waals surface area contributed by atoms with Gasteiger partial charge >= 0.3 is 0 Å². The van der Waals surface area contributed by atoms with Crippen LogP contribution in [0.15, 0.2) is 48.8 Å². The fraction of sp³-hybridized carbons (Fsp3) is 0. The lowest BCUT2D eigenvalue weighted by molar-refractivity contribution is 0.102. The predicted octanol–water partition coefficient (Wildman–Crippen LogP) is 2.38. The minimum absolute atomic E-state index is 0.160. The Morgan fingerprint density at radius 1 is 0.800 bits per heavy atom. The second-order valence-corrected chi connectivity index (χ2v) is 3.80. The Labute approximate surface area is 112 Å². The number of pyridine rings is 2. The van der Waals surface area contributed by atoms with E-state index in [1.165, 1.54) is 12.1 Å². The molecule has 0 aliphatic carbocycles. The van der Waals surface area contributed by atoms with E-state index in [2.05, 4.69) is 9.97 Å². The van der Waals surface area contributed by atoms with Gasteiger partial charge in [0.2, 0.25) is 11.9 Å². The summed E-state index contributed by atoms with van der Waals surface area (Å²) in [6, 6.07) is 4.62. The van der Waals surface area contributed by atoms with Crippen molar-refractivity contribution in [2.75, 3.05) is 0 Å². The van der Waals surface area contributed by atoms with Gasteiger partial charge in [-0.3, -0.25) is 9.59 Å². The highest BCUT2D eigenvalue weighted by Gasteiger charge is 2.06. The first-order valence-electron chi connectivity index (χ1n) is 5.56. The van der Waals surface area contributed by atoms with Crippen LogP contribution in [0.25, 0.3) is 0 Å². The molecule has 2 rings (SSSR count). The van der Waals surface area contributed by atoms with Crippen LogP contribution in [-0.4, -0.2) is 21.5 Å². The molecule has 0 bridgehead atoms. The zero-order chi connectivity index (χ0) is 14.5. The van der Waals surface area contributed by atoms with Gasteiger partial charge in [-0.25, -0.2) is 9.97 Å². The summed E-state index contributed by atoms with van der Waals surface area (Å²) in [6.07, 6.45) is 4.24. The van der Waals surface area contributed by atoms with Gasteiger partial charge in [0.05, 0.1) is 0 Å². The summed E-state index contributed by atoms with van der Waals surface area (Å²) in [5.41, 5.74) is 0.320. The van der Waals surface area contributed by atoms with Gasteiger partial charge in [-0.2, -0.15) is 8.78 Å². The van der Waals surface area contributed by atoms with Gasteiger partial charge in [0, 0.05) is 23.5 Å². The smallest absolute Gasteiger partial charge is 0.212 e. The van der Waals surface area contributed by atoms with E-state index in [0.717, 1.165) is 36.7 Å². The Hall–Kier alpha value is -2.76. The lowest BCUT2D eigenvalue weighted by atomic mass is 10.1. The molecule has 0 saturated heterocycles. The van der Waals surface area contributed by atoms with Gasteiger partial charge in [-0.05, 0) is 36.4 Å². The Morgan fingerprint density at radius 3 is 1.50 bits per heavy atom. The lowest BCUT2D eigenvalue weighted by Gasteiger charge is -1.96. The molecule has 0 N–H and O–H groups in total. The highest BCUT2D eigenvalue weighted by molar-refractivity contribution is 6.11. The Balaban J connectivity index is 2.09. The summed E-state index contributed by atoms with van der Waals surface area (Å²) in [7, 11) is 0. The molecule has 2 heterocycles. The van der Waals surface area contributed by atoms with Gasteiger partial charge < -0.3 is 0 Å². The number of ketones is 2. The molecule has 0 unspecified atom stereocenters. The Kier molecular flexibility index (Phi) is 4.05. The van der Waals surface area contributed by atoms with Crippen LogP contribution in [0.4, 0.5) is 8.78 Å². The largest absolute Gasteiger partial charge is 0.289 e. The number of hydrogen-bond acceptors (Lipinski definition) is 4. The van der Waals surface area contributed by atoms with Crippen LogP contribution in [-0.2, 0) is 0 Å². The number of halogens is 2. The van der Waals surface area contributed by atoms with Crippen molar-refractivity contribution < 1.29 is 18.4 Å². The molecule has 0 fully saturated rings. The van der Waals surface area contributed by atoms with Crippen molar-refractivity contribution in [3.8, 4) is 0 Å². The quantitative estimate of drug-likeness (QED) is 0.488. The number of aromatic nitrogens is 2. The zero-order valence-electron chi connectivity index (χ0n) is 10.1. The van der Waals surface area contributed by atoms with E-state index < -0.39 is 23.5 Å². The average Bonchev–Trinajstić information content (AvgIpc) is 2.46. The fourth-order valence-electron chi connectivity index (χ4n) is 1.39. The summed E-state index contributed by atoms with van der Waals surface area (Å²) < 4.78 is 25.2. The van der Waals surface area contributed by atoms with Crippen molar-refractivity contribution in [3.63, 3.8) is 0 Å². The van der Waals surface area contributed by atoms with Gasteiger partial charge in [0.25, 0.3) is 0 Å². The SMILES string of the molecule is O=C(C=CC(=O)c1ccc(F)nc1)c1ccc(F)nc1. The van der Waals surface area contributed by atoms with Gasteiger partial charge in [-0.1, -0.05) is 0 Å². The number of hydrogen-bond donors (Lipinski definition) is 0. The maximum atomic E-state index is 12.6. The first-order chi connectivity index (χ1) is 9.56. The number of nitrogens with zero attached hydrogens (tertiary/aromatic N) is 2. The molecular formula is C14H8F2N2O2. The topological polar surface area (TPSA) is 59.9 Å². The van der Waals surface area contributed by atoms with E-state index in [1.54, 1.807) is 0 Å². The molecule has 0 amide bonds. The molecule has 2 aromatic heterocycles. The standard InChI is InChI=1S/C14H8F2N2O2/c15-13-5-1-9(7-17-13)11(19)3-4-12(20)10-2-6-14(16)18-8-10/h1-8H. The third-order valence-corrected chi connectivity index (χ3v) is 2.41. The van der Waals surface area contributed by atoms with Crippen molar-refractivity contribution in [3.05, 3.63) is 71.8 Å². The van der Waals surface area contributed by atoms with Crippen molar-refractivity contribution in [1.82, 2.24) is 9.97 Å². The van der Waals surface area contributed by atoms with Gasteiger partial charge in [0.1, 0.15) is 0 Å². The van der Waals surface area contributed by atoms with Crippen molar-refractivity contribution in [1.29, 1.82) is 0 Å². The number of carbonyl (C=O) groups is 2. The molecule has 0 spiro atoms. The Morgan fingerprint density at radius 2 is 1.20 bits per heavy atom.